The summed E-state index contributed by atoms with van der Waals surface area (Å²) in [7, 11) is -0.186. The predicted octanol–water partition coefficient (Wildman–Crippen LogP) is -0.454. The summed E-state index contributed by atoms with van der Waals surface area (Å²) in [6, 6.07) is 0.997. The molecule has 5 heteroatoms. The fourth-order valence-corrected chi connectivity index (χ4v) is 3.21. The molecule has 1 atom stereocenters. The molecule has 1 saturated heterocycles. The minimum Gasteiger partial charge on any atom is -0.406 e. The zero-order valence-electron chi connectivity index (χ0n) is 8.44. The van der Waals surface area contributed by atoms with Gasteiger partial charge in [0.2, 0.25) is 0 Å². The van der Waals surface area contributed by atoms with Crippen molar-refractivity contribution in [2.75, 3.05) is 32.9 Å². The molecule has 0 bridgehead atoms. The lowest BCUT2D eigenvalue weighted by Gasteiger charge is -2.26. The van der Waals surface area contributed by atoms with Crippen LogP contribution in [-0.4, -0.2) is 41.4 Å². The van der Waals surface area contributed by atoms with Crippen molar-refractivity contribution in [3.63, 3.8) is 0 Å². The van der Waals surface area contributed by atoms with Gasteiger partial charge in [0.1, 0.15) is 0 Å². The monoisotopic (exact) mass is 203 g/mol. The first kappa shape index (κ1) is 11.1. The van der Waals surface area contributed by atoms with Gasteiger partial charge in [-0.1, -0.05) is 0 Å². The molecule has 4 nitrogen and oxygen atoms in total. The van der Waals surface area contributed by atoms with Crippen LogP contribution in [0.2, 0.25) is 6.04 Å². The molecule has 78 valence electrons. The Balaban J connectivity index is 2.34. The molecular formula is C8H21N3OSi. The molecule has 1 aliphatic heterocycles. The molecule has 1 unspecified atom stereocenters. The Morgan fingerprint density at radius 1 is 1.15 bits per heavy atom. The second-order valence-corrected chi connectivity index (χ2v) is 7.04. The number of nitrogens with two attached hydrogens (primary N) is 1. The van der Waals surface area contributed by atoms with Crippen LogP contribution in [0.5, 0.6) is 0 Å². The quantitative estimate of drug-likeness (QED) is 0.505. The maximum absolute atomic E-state index is 6.16. The van der Waals surface area contributed by atoms with E-state index in [0.717, 1.165) is 31.8 Å². The Labute approximate surface area is 81.4 Å². The third-order valence-electron chi connectivity index (χ3n) is 2.51. The van der Waals surface area contributed by atoms with E-state index in [1.54, 1.807) is 7.11 Å². The third kappa shape index (κ3) is 4.19. The van der Waals surface area contributed by atoms with Crippen molar-refractivity contribution >= 4 is 8.48 Å². The highest BCUT2D eigenvalue weighted by Gasteiger charge is 2.28. The van der Waals surface area contributed by atoms with Crippen molar-refractivity contribution in [1.82, 2.24) is 10.6 Å². The zero-order chi connectivity index (χ0) is 9.57. The van der Waals surface area contributed by atoms with Crippen LogP contribution in [0.15, 0.2) is 0 Å². The van der Waals surface area contributed by atoms with Crippen LogP contribution in [0.3, 0.4) is 0 Å². The Kier molecular flexibility index (Phi) is 4.90. The van der Waals surface area contributed by atoms with E-state index < -0.39 is 8.48 Å². The molecule has 0 amide bonds. The van der Waals surface area contributed by atoms with E-state index in [9.17, 15) is 0 Å². The summed E-state index contributed by atoms with van der Waals surface area (Å²) in [5, 5.41) is 12.9. The van der Waals surface area contributed by atoms with Gasteiger partial charge < -0.3 is 20.5 Å². The van der Waals surface area contributed by atoms with E-state index in [0.29, 0.717) is 0 Å². The maximum Gasteiger partial charge on any atom is 0.281 e. The highest BCUT2D eigenvalue weighted by atomic mass is 28.4. The summed E-state index contributed by atoms with van der Waals surface area (Å²) in [5.74, 6) is 0. The van der Waals surface area contributed by atoms with Crippen molar-refractivity contribution in [1.29, 1.82) is 0 Å². The lowest BCUT2D eigenvalue weighted by molar-refractivity contribution is 0.383. The summed E-state index contributed by atoms with van der Waals surface area (Å²) in [6.45, 7) is 3.17. The van der Waals surface area contributed by atoms with E-state index >= 15 is 0 Å². The first-order valence-electron chi connectivity index (χ1n) is 5.02. The lowest BCUT2D eigenvalue weighted by atomic mass is 10.3. The molecule has 0 radical (unpaired) electrons. The van der Waals surface area contributed by atoms with Crippen molar-refractivity contribution in [3.05, 3.63) is 0 Å². The summed E-state index contributed by atoms with van der Waals surface area (Å²) >= 11 is 0. The van der Waals surface area contributed by atoms with Gasteiger partial charge in [0.15, 0.2) is 0 Å². The Hall–Kier alpha value is 0.0569. The van der Waals surface area contributed by atoms with Gasteiger partial charge in [-0.25, -0.2) is 0 Å². The molecule has 0 aliphatic carbocycles. The molecule has 13 heavy (non-hydrogen) atoms. The highest BCUT2D eigenvalue weighted by Crippen LogP contribution is 2.02. The van der Waals surface area contributed by atoms with E-state index in [4.69, 9.17) is 9.83 Å². The van der Waals surface area contributed by atoms with Crippen LogP contribution >= 0.6 is 0 Å². The molecule has 1 rings (SSSR count). The zero-order valence-corrected chi connectivity index (χ0v) is 9.44. The highest BCUT2D eigenvalue weighted by molar-refractivity contribution is 6.70. The van der Waals surface area contributed by atoms with Crippen molar-refractivity contribution in [2.24, 2.45) is 5.40 Å². The topological polar surface area (TPSA) is 59.3 Å². The second-order valence-electron chi connectivity index (χ2n) is 3.65. The maximum atomic E-state index is 6.16. The van der Waals surface area contributed by atoms with Crippen LogP contribution in [-0.2, 0) is 4.43 Å². The Bertz CT molecular complexity index is 135. The summed E-state index contributed by atoms with van der Waals surface area (Å²) in [5.41, 5.74) is 0. The summed E-state index contributed by atoms with van der Waals surface area (Å²) in [4.78, 5) is 0. The summed E-state index contributed by atoms with van der Waals surface area (Å²) < 4.78 is 5.42. The minimum atomic E-state index is -1.92. The Morgan fingerprint density at radius 2 is 1.85 bits per heavy atom. The predicted molar refractivity (Wildman–Crippen MR) is 56.7 cm³/mol. The summed E-state index contributed by atoms with van der Waals surface area (Å²) in [6.07, 6.45) is 3.35. The van der Waals surface area contributed by atoms with E-state index in [2.05, 4.69) is 10.6 Å². The lowest BCUT2D eigenvalue weighted by Crippen LogP contribution is -2.58. The van der Waals surface area contributed by atoms with Gasteiger partial charge in [0.25, 0.3) is 8.48 Å². The standard InChI is InChI=1S/C8H21N3OSi/c1-12-13(9)7-6-10-4-2-3-5-11-8-13/h10-11H,2-9H2,1H3. The van der Waals surface area contributed by atoms with Gasteiger partial charge in [-0.3, -0.25) is 0 Å². The molecule has 1 fully saturated rings. The molecule has 0 aromatic heterocycles. The van der Waals surface area contributed by atoms with Crippen LogP contribution in [0.25, 0.3) is 0 Å². The van der Waals surface area contributed by atoms with Crippen LogP contribution < -0.4 is 16.0 Å². The first-order valence-corrected chi connectivity index (χ1v) is 7.42. The molecular weight excluding hydrogens is 182 g/mol. The molecule has 1 aliphatic rings. The minimum absolute atomic E-state index is 0.880. The first-order chi connectivity index (χ1) is 6.27. The number of rotatable bonds is 1. The average molecular weight is 203 g/mol. The second kappa shape index (κ2) is 5.72. The third-order valence-corrected chi connectivity index (χ3v) is 5.27. The molecule has 0 aromatic rings. The number of hydrogen-bond donors (Lipinski definition) is 3. The van der Waals surface area contributed by atoms with Crippen LogP contribution in [0.4, 0.5) is 0 Å². The molecule has 0 aromatic carbocycles. The van der Waals surface area contributed by atoms with Gasteiger partial charge >= 0.3 is 0 Å². The molecule has 4 N–H and O–H groups in total. The van der Waals surface area contributed by atoms with E-state index in [-0.39, 0.29) is 0 Å². The van der Waals surface area contributed by atoms with Crippen molar-refractivity contribution < 1.29 is 4.43 Å². The van der Waals surface area contributed by atoms with Crippen LogP contribution in [0, 0.1) is 0 Å². The van der Waals surface area contributed by atoms with Crippen LogP contribution in [0.1, 0.15) is 12.8 Å². The normalized spacial score (nSPS) is 32.8. The SMILES string of the molecule is CO[Si]1(N)CCNCCCCNC1. The molecule has 0 saturated carbocycles. The van der Waals surface area contributed by atoms with E-state index in [1.807, 2.05) is 0 Å². The van der Waals surface area contributed by atoms with Gasteiger partial charge in [0.05, 0.1) is 0 Å². The number of nitrogens with one attached hydrogen (secondary N) is 2. The average Bonchev–Trinajstić information content (AvgIpc) is 2.16. The van der Waals surface area contributed by atoms with Gasteiger partial charge in [-0.15, -0.1) is 0 Å². The van der Waals surface area contributed by atoms with Gasteiger partial charge in [-0.2, -0.15) is 0 Å². The van der Waals surface area contributed by atoms with E-state index in [1.165, 1.54) is 12.8 Å². The Morgan fingerprint density at radius 3 is 2.54 bits per heavy atom. The van der Waals surface area contributed by atoms with Gasteiger partial charge in [-0.05, 0) is 38.5 Å². The van der Waals surface area contributed by atoms with Crippen molar-refractivity contribution in [2.45, 2.75) is 18.9 Å². The molecule has 1 heterocycles. The van der Waals surface area contributed by atoms with Crippen molar-refractivity contribution in [3.8, 4) is 0 Å². The smallest absolute Gasteiger partial charge is 0.281 e. The fourth-order valence-electron chi connectivity index (χ4n) is 1.49. The van der Waals surface area contributed by atoms with Gasteiger partial charge in [0, 0.05) is 13.3 Å². The fraction of sp³-hybridized carbons (Fsp3) is 1.00. The molecule has 0 spiro atoms. The number of hydrogen-bond acceptors (Lipinski definition) is 4. The largest absolute Gasteiger partial charge is 0.406 e.